The SMILES string of the molecule is CCCCN1CCC(NC2CCCC2(C)C)CC1. The number of hydrogen-bond donors (Lipinski definition) is 1. The Morgan fingerprint density at radius 3 is 2.44 bits per heavy atom. The summed E-state index contributed by atoms with van der Waals surface area (Å²) in [6.07, 6.45) is 9.62. The number of likely N-dealkylation sites (tertiary alicyclic amines) is 1. The lowest BCUT2D eigenvalue weighted by Gasteiger charge is -2.37. The lowest BCUT2D eigenvalue weighted by atomic mass is 9.86. The Bertz CT molecular complexity index is 241. The van der Waals surface area contributed by atoms with Gasteiger partial charge < -0.3 is 10.2 Å². The Morgan fingerprint density at radius 1 is 1.17 bits per heavy atom. The van der Waals surface area contributed by atoms with E-state index in [4.69, 9.17) is 0 Å². The summed E-state index contributed by atoms with van der Waals surface area (Å²) in [5.41, 5.74) is 0.527. The normalized spacial score (nSPS) is 29.8. The third-order valence-corrected chi connectivity index (χ3v) is 5.11. The molecule has 2 aliphatic rings. The van der Waals surface area contributed by atoms with Crippen molar-refractivity contribution in [1.82, 2.24) is 10.2 Å². The Balaban J connectivity index is 1.70. The van der Waals surface area contributed by atoms with Gasteiger partial charge >= 0.3 is 0 Å². The first-order valence-corrected chi connectivity index (χ1v) is 8.10. The molecule has 1 atom stereocenters. The molecule has 1 saturated carbocycles. The van der Waals surface area contributed by atoms with Crippen LogP contribution in [0.5, 0.6) is 0 Å². The second-order valence-electron chi connectivity index (χ2n) is 7.07. The number of hydrogen-bond acceptors (Lipinski definition) is 2. The minimum atomic E-state index is 0.527. The molecule has 0 bridgehead atoms. The summed E-state index contributed by atoms with van der Waals surface area (Å²) in [6, 6.07) is 1.55. The predicted octanol–water partition coefficient (Wildman–Crippen LogP) is 3.42. The Kier molecular flexibility index (Phi) is 5.08. The third kappa shape index (κ3) is 3.71. The van der Waals surface area contributed by atoms with E-state index in [0.717, 1.165) is 12.1 Å². The smallest absolute Gasteiger partial charge is 0.0121 e. The molecular formula is C16H32N2. The summed E-state index contributed by atoms with van der Waals surface area (Å²) in [4.78, 5) is 2.65. The molecule has 0 amide bonds. The topological polar surface area (TPSA) is 15.3 Å². The van der Waals surface area contributed by atoms with Gasteiger partial charge in [0.2, 0.25) is 0 Å². The van der Waals surface area contributed by atoms with Crippen LogP contribution in [0.2, 0.25) is 0 Å². The van der Waals surface area contributed by atoms with Crippen LogP contribution < -0.4 is 5.32 Å². The molecule has 1 unspecified atom stereocenters. The van der Waals surface area contributed by atoms with Gasteiger partial charge in [-0.25, -0.2) is 0 Å². The van der Waals surface area contributed by atoms with E-state index >= 15 is 0 Å². The Labute approximate surface area is 114 Å². The quantitative estimate of drug-likeness (QED) is 0.806. The highest BCUT2D eigenvalue weighted by Gasteiger charge is 2.35. The maximum Gasteiger partial charge on any atom is 0.0121 e. The zero-order valence-electron chi connectivity index (χ0n) is 12.7. The summed E-state index contributed by atoms with van der Waals surface area (Å²) in [6.45, 7) is 11.1. The van der Waals surface area contributed by atoms with E-state index in [9.17, 15) is 0 Å². The van der Waals surface area contributed by atoms with Crippen molar-refractivity contribution in [3.63, 3.8) is 0 Å². The van der Waals surface area contributed by atoms with Crippen molar-refractivity contribution in [2.45, 2.75) is 77.8 Å². The highest BCUT2D eigenvalue weighted by molar-refractivity contribution is 4.93. The molecule has 0 aromatic carbocycles. The standard InChI is InChI=1S/C16H32N2/c1-4-5-11-18-12-8-14(9-13-18)17-15-7-6-10-16(15,2)3/h14-15,17H,4-13H2,1-3H3. The molecule has 1 N–H and O–H groups in total. The Morgan fingerprint density at radius 2 is 1.89 bits per heavy atom. The van der Waals surface area contributed by atoms with Gasteiger partial charge in [0, 0.05) is 12.1 Å². The number of unbranched alkanes of at least 4 members (excludes halogenated alkanes) is 1. The van der Waals surface area contributed by atoms with Crippen LogP contribution in [0.25, 0.3) is 0 Å². The van der Waals surface area contributed by atoms with Crippen LogP contribution >= 0.6 is 0 Å². The first-order valence-electron chi connectivity index (χ1n) is 8.10. The van der Waals surface area contributed by atoms with Gasteiger partial charge in [-0.3, -0.25) is 0 Å². The van der Waals surface area contributed by atoms with Crippen molar-refractivity contribution in [3.8, 4) is 0 Å². The highest BCUT2D eigenvalue weighted by atomic mass is 15.1. The molecule has 0 aromatic heterocycles. The highest BCUT2D eigenvalue weighted by Crippen LogP contribution is 2.37. The first kappa shape index (κ1) is 14.3. The first-order chi connectivity index (χ1) is 8.62. The van der Waals surface area contributed by atoms with E-state index in [0.29, 0.717) is 5.41 Å². The molecule has 0 aromatic rings. The van der Waals surface area contributed by atoms with Crippen molar-refractivity contribution in [2.24, 2.45) is 5.41 Å². The molecule has 106 valence electrons. The van der Waals surface area contributed by atoms with Crippen LogP contribution in [0.1, 0.15) is 65.7 Å². The molecule has 1 aliphatic heterocycles. The number of nitrogens with one attached hydrogen (secondary N) is 1. The van der Waals surface area contributed by atoms with Gasteiger partial charge in [-0.15, -0.1) is 0 Å². The fourth-order valence-corrected chi connectivity index (χ4v) is 3.63. The van der Waals surface area contributed by atoms with Crippen LogP contribution in [0, 0.1) is 5.41 Å². The number of nitrogens with zero attached hydrogens (tertiary/aromatic N) is 1. The van der Waals surface area contributed by atoms with Crippen molar-refractivity contribution in [3.05, 3.63) is 0 Å². The molecule has 1 saturated heterocycles. The molecule has 2 heteroatoms. The van der Waals surface area contributed by atoms with Gasteiger partial charge in [0.15, 0.2) is 0 Å². The van der Waals surface area contributed by atoms with Crippen molar-refractivity contribution in [2.75, 3.05) is 19.6 Å². The molecule has 2 nitrogen and oxygen atoms in total. The van der Waals surface area contributed by atoms with Crippen LogP contribution in [0.15, 0.2) is 0 Å². The summed E-state index contributed by atoms with van der Waals surface area (Å²) >= 11 is 0. The lowest BCUT2D eigenvalue weighted by molar-refractivity contribution is 0.170. The monoisotopic (exact) mass is 252 g/mol. The number of rotatable bonds is 5. The summed E-state index contributed by atoms with van der Waals surface area (Å²) in [5.74, 6) is 0. The van der Waals surface area contributed by atoms with E-state index in [2.05, 4.69) is 31.0 Å². The molecule has 18 heavy (non-hydrogen) atoms. The second-order valence-corrected chi connectivity index (χ2v) is 7.07. The fraction of sp³-hybridized carbons (Fsp3) is 1.00. The lowest BCUT2D eigenvalue weighted by Crippen LogP contribution is -2.49. The van der Waals surface area contributed by atoms with Gasteiger partial charge in [0.05, 0.1) is 0 Å². The minimum absolute atomic E-state index is 0.527. The van der Waals surface area contributed by atoms with Crippen molar-refractivity contribution >= 4 is 0 Å². The van der Waals surface area contributed by atoms with Gasteiger partial charge in [-0.05, 0) is 57.2 Å². The van der Waals surface area contributed by atoms with Crippen molar-refractivity contribution < 1.29 is 0 Å². The molecule has 0 radical (unpaired) electrons. The Hall–Kier alpha value is -0.0800. The second kappa shape index (κ2) is 6.38. The summed E-state index contributed by atoms with van der Waals surface area (Å²) in [7, 11) is 0. The zero-order chi connectivity index (χ0) is 13.0. The fourth-order valence-electron chi connectivity index (χ4n) is 3.63. The largest absolute Gasteiger partial charge is 0.311 e. The molecular weight excluding hydrogens is 220 g/mol. The molecule has 0 spiro atoms. The maximum atomic E-state index is 3.96. The van der Waals surface area contributed by atoms with Crippen LogP contribution in [0.4, 0.5) is 0 Å². The average molecular weight is 252 g/mol. The maximum absolute atomic E-state index is 3.96. The van der Waals surface area contributed by atoms with Crippen LogP contribution in [-0.2, 0) is 0 Å². The average Bonchev–Trinajstić information content (AvgIpc) is 2.68. The van der Waals surface area contributed by atoms with E-state index in [1.165, 1.54) is 64.6 Å². The van der Waals surface area contributed by atoms with E-state index < -0.39 is 0 Å². The zero-order valence-corrected chi connectivity index (χ0v) is 12.7. The molecule has 1 aliphatic carbocycles. The van der Waals surface area contributed by atoms with E-state index in [1.54, 1.807) is 0 Å². The summed E-state index contributed by atoms with van der Waals surface area (Å²) < 4.78 is 0. The van der Waals surface area contributed by atoms with Gasteiger partial charge in [-0.2, -0.15) is 0 Å². The predicted molar refractivity (Wildman–Crippen MR) is 78.9 cm³/mol. The third-order valence-electron chi connectivity index (χ3n) is 5.11. The van der Waals surface area contributed by atoms with Gasteiger partial charge in [0.25, 0.3) is 0 Å². The minimum Gasteiger partial charge on any atom is -0.311 e. The molecule has 2 fully saturated rings. The molecule has 2 rings (SSSR count). The van der Waals surface area contributed by atoms with E-state index in [1.807, 2.05) is 0 Å². The van der Waals surface area contributed by atoms with Gasteiger partial charge in [0.1, 0.15) is 0 Å². The van der Waals surface area contributed by atoms with Crippen LogP contribution in [0.3, 0.4) is 0 Å². The number of piperidine rings is 1. The van der Waals surface area contributed by atoms with Crippen molar-refractivity contribution in [1.29, 1.82) is 0 Å². The van der Waals surface area contributed by atoms with E-state index in [-0.39, 0.29) is 0 Å². The molecule has 1 heterocycles. The summed E-state index contributed by atoms with van der Waals surface area (Å²) in [5, 5.41) is 3.96. The van der Waals surface area contributed by atoms with Gasteiger partial charge in [-0.1, -0.05) is 33.6 Å². The van der Waals surface area contributed by atoms with Crippen LogP contribution in [-0.4, -0.2) is 36.6 Å².